The number of aromatic nitrogens is 1. The fourth-order valence-corrected chi connectivity index (χ4v) is 7.32. The molecule has 2 aromatic carbocycles. The Morgan fingerprint density at radius 1 is 1.02 bits per heavy atom. The van der Waals surface area contributed by atoms with E-state index in [1.54, 1.807) is 11.8 Å². The van der Waals surface area contributed by atoms with Crippen LogP contribution in [0.25, 0.3) is 0 Å². The average Bonchev–Trinajstić information content (AvgIpc) is 3.56. The van der Waals surface area contributed by atoms with E-state index < -0.39 is 23.8 Å². The molecule has 6 rings (SSSR count). The van der Waals surface area contributed by atoms with Crippen LogP contribution in [0.4, 0.5) is 16.2 Å². The van der Waals surface area contributed by atoms with Gasteiger partial charge in [-0.25, -0.2) is 9.78 Å². The molecule has 4 heterocycles. The highest BCUT2D eigenvalue weighted by Crippen LogP contribution is 2.31. The molecule has 13 heteroatoms. The summed E-state index contributed by atoms with van der Waals surface area (Å²) in [6, 6.07) is 11.2. The first-order chi connectivity index (χ1) is 25.3. The third-order valence-electron chi connectivity index (χ3n) is 10.3. The van der Waals surface area contributed by atoms with Crippen molar-refractivity contribution in [3.8, 4) is 5.75 Å². The van der Waals surface area contributed by atoms with E-state index in [9.17, 15) is 19.5 Å². The highest BCUT2D eigenvalue weighted by atomic mass is 16.6. The van der Waals surface area contributed by atoms with Crippen LogP contribution in [0, 0.1) is 6.92 Å². The molecule has 1 aromatic heterocycles. The molecule has 3 aromatic rings. The quantitative estimate of drug-likeness (QED) is 0.247. The number of nitrogens with one attached hydrogen (secondary N) is 2. The van der Waals surface area contributed by atoms with Crippen LogP contribution in [-0.4, -0.2) is 94.3 Å². The maximum atomic E-state index is 13.8. The molecular weight excluding hydrogens is 676 g/mol. The van der Waals surface area contributed by atoms with Crippen molar-refractivity contribution in [3.05, 3.63) is 70.9 Å². The molecule has 0 spiro atoms. The Labute approximate surface area is 312 Å². The number of aliphatic hydroxyl groups excluding tert-OH is 1. The molecule has 3 aliphatic rings. The summed E-state index contributed by atoms with van der Waals surface area (Å²) in [5.41, 5.74) is 4.23. The molecule has 0 radical (unpaired) electrons. The Morgan fingerprint density at radius 2 is 1.77 bits per heavy atom. The lowest BCUT2D eigenvalue weighted by atomic mass is 9.91. The van der Waals surface area contributed by atoms with Gasteiger partial charge in [0, 0.05) is 69.2 Å². The van der Waals surface area contributed by atoms with Gasteiger partial charge in [-0.15, -0.1) is 0 Å². The smallest absolute Gasteiger partial charge is 0.410 e. The minimum atomic E-state index is -1.07. The van der Waals surface area contributed by atoms with Gasteiger partial charge in [-0.1, -0.05) is 6.07 Å². The second-order valence-corrected chi connectivity index (χ2v) is 15.5. The number of carbonyl (C=O) groups is 3. The Kier molecular flexibility index (Phi) is 11.8. The van der Waals surface area contributed by atoms with Gasteiger partial charge >= 0.3 is 6.09 Å². The van der Waals surface area contributed by atoms with Gasteiger partial charge in [0.25, 0.3) is 5.91 Å². The number of oxazole rings is 1. The molecule has 286 valence electrons. The number of amides is 3. The van der Waals surface area contributed by atoms with Crippen molar-refractivity contribution in [2.75, 3.05) is 42.9 Å². The van der Waals surface area contributed by atoms with E-state index in [4.69, 9.17) is 13.9 Å². The van der Waals surface area contributed by atoms with E-state index in [0.29, 0.717) is 36.6 Å². The molecule has 53 heavy (non-hydrogen) atoms. The maximum absolute atomic E-state index is 13.8. The number of likely N-dealkylation sites (tertiary alicyclic amines) is 1. The average molecular weight is 731 g/mol. The number of aliphatic hydroxyl groups is 1. The van der Waals surface area contributed by atoms with Gasteiger partial charge in [0.05, 0.1) is 17.8 Å². The van der Waals surface area contributed by atoms with Crippen LogP contribution in [0.3, 0.4) is 0 Å². The number of hydrogen-bond donors (Lipinski definition) is 3. The van der Waals surface area contributed by atoms with Gasteiger partial charge in [0.2, 0.25) is 5.91 Å². The van der Waals surface area contributed by atoms with Gasteiger partial charge in [-0.3, -0.25) is 14.5 Å². The van der Waals surface area contributed by atoms with E-state index in [0.717, 1.165) is 67.0 Å². The first-order valence-electron chi connectivity index (χ1n) is 18.8. The van der Waals surface area contributed by atoms with Crippen LogP contribution in [-0.2, 0) is 29.1 Å². The monoisotopic (exact) mass is 730 g/mol. The summed E-state index contributed by atoms with van der Waals surface area (Å²) in [4.78, 5) is 49.1. The van der Waals surface area contributed by atoms with E-state index in [1.165, 1.54) is 12.8 Å². The summed E-state index contributed by atoms with van der Waals surface area (Å²) < 4.78 is 17.2. The molecule has 3 amide bonds. The van der Waals surface area contributed by atoms with Crippen molar-refractivity contribution in [1.82, 2.24) is 20.1 Å². The first kappa shape index (κ1) is 38.0. The molecule has 0 unspecified atom stereocenters. The number of nitrogens with zero attached hydrogens (tertiary/aromatic N) is 4. The van der Waals surface area contributed by atoms with Crippen molar-refractivity contribution in [3.63, 3.8) is 0 Å². The molecule has 2 saturated heterocycles. The molecule has 3 N–H and O–H groups in total. The molecule has 0 saturated carbocycles. The third-order valence-corrected chi connectivity index (χ3v) is 10.3. The Hall–Kier alpha value is -4.78. The summed E-state index contributed by atoms with van der Waals surface area (Å²) >= 11 is 0. The molecule has 2 fully saturated rings. The maximum Gasteiger partial charge on any atom is 0.410 e. The standard InChI is InChI=1S/C40H54N6O7/c1-26-37(52-25-42-26)24-51-34-10-9-28-20-35(46(23-30(28)19-34)39(50)53-40(3,4)5)36(48)22-41-38(49)29-17-32(21-33(18-29)45-13-7-6-8-14-45)43-31-11-15-44(16-12-31)27(2)47/h9-10,17-19,21,25,31,35-36,43,48H,6-8,11-16,20,22-24H2,1-5H3,(H,41,49)/t35-,36+/m0/s1. The predicted octanol–water partition coefficient (Wildman–Crippen LogP) is 5.43. The molecule has 0 bridgehead atoms. The third kappa shape index (κ3) is 9.81. The number of anilines is 2. The van der Waals surface area contributed by atoms with Gasteiger partial charge in [-0.2, -0.15) is 0 Å². The van der Waals surface area contributed by atoms with E-state index >= 15 is 0 Å². The van der Waals surface area contributed by atoms with Gasteiger partial charge < -0.3 is 39.4 Å². The minimum absolute atomic E-state index is 0.0595. The summed E-state index contributed by atoms with van der Waals surface area (Å²) in [5, 5.41) is 18.2. The second-order valence-electron chi connectivity index (χ2n) is 15.5. The van der Waals surface area contributed by atoms with E-state index in [-0.39, 0.29) is 37.6 Å². The second kappa shape index (κ2) is 16.5. The molecule has 2 atom stereocenters. The van der Waals surface area contributed by atoms with Crippen molar-refractivity contribution < 1.29 is 33.4 Å². The number of rotatable bonds is 10. The Bertz CT molecular complexity index is 1760. The highest BCUT2D eigenvalue weighted by Gasteiger charge is 2.37. The fourth-order valence-electron chi connectivity index (χ4n) is 7.32. The zero-order valence-corrected chi connectivity index (χ0v) is 31.7. The predicted molar refractivity (Wildman–Crippen MR) is 201 cm³/mol. The summed E-state index contributed by atoms with van der Waals surface area (Å²) in [7, 11) is 0. The lowest BCUT2D eigenvalue weighted by Gasteiger charge is -2.40. The van der Waals surface area contributed by atoms with Crippen molar-refractivity contribution in [2.24, 2.45) is 0 Å². The lowest BCUT2D eigenvalue weighted by molar-refractivity contribution is -0.129. The number of benzene rings is 2. The van der Waals surface area contributed by atoms with Crippen LogP contribution >= 0.6 is 0 Å². The zero-order chi connectivity index (χ0) is 37.7. The van der Waals surface area contributed by atoms with Gasteiger partial charge in [0.15, 0.2) is 12.2 Å². The van der Waals surface area contributed by atoms with Gasteiger partial charge in [-0.05, 0) is 108 Å². The number of hydrogen-bond acceptors (Lipinski definition) is 10. The topological polar surface area (TPSA) is 150 Å². The van der Waals surface area contributed by atoms with Gasteiger partial charge in [0.1, 0.15) is 18.0 Å². The summed E-state index contributed by atoms with van der Waals surface area (Å²) in [5.74, 6) is 1.05. The van der Waals surface area contributed by atoms with Crippen molar-refractivity contribution >= 4 is 29.3 Å². The van der Waals surface area contributed by atoms with Crippen LogP contribution in [0.15, 0.2) is 47.2 Å². The summed E-state index contributed by atoms with van der Waals surface area (Å²) in [6.45, 7) is 12.5. The first-order valence-corrected chi connectivity index (χ1v) is 18.8. The van der Waals surface area contributed by atoms with Crippen LogP contribution in [0.2, 0.25) is 0 Å². The fraction of sp³-hybridized carbons (Fsp3) is 0.550. The van der Waals surface area contributed by atoms with Crippen molar-refractivity contribution in [1.29, 1.82) is 0 Å². The van der Waals surface area contributed by atoms with E-state index in [1.807, 2.05) is 62.9 Å². The van der Waals surface area contributed by atoms with Crippen LogP contribution < -0.4 is 20.3 Å². The normalized spacial score (nSPS) is 18.6. The number of ether oxygens (including phenoxy) is 2. The molecule has 3 aliphatic heterocycles. The number of piperidine rings is 2. The number of aryl methyl sites for hydroxylation is 1. The SMILES string of the molecule is CC(=O)N1CCC(Nc2cc(C(=O)NC[C@@H](O)[C@@H]3Cc4ccc(OCc5ocnc5C)cc4CN3C(=O)OC(C)(C)C)cc(N3CCCCC3)c2)CC1. The van der Waals surface area contributed by atoms with E-state index in [2.05, 4.69) is 26.6 Å². The largest absolute Gasteiger partial charge is 0.486 e. The summed E-state index contributed by atoms with van der Waals surface area (Å²) in [6.07, 6.45) is 5.20. The Morgan fingerprint density at radius 3 is 2.45 bits per heavy atom. The van der Waals surface area contributed by atoms with Crippen LogP contribution in [0.1, 0.15) is 92.7 Å². The Balaban J connectivity index is 1.16. The molecular formula is C40H54N6O7. The lowest BCUT2D eigenvalue weighted by Crippen LogP contribution is -2.54. The van der Waals surface area contributed by atoms with Crippen molar-refractivity contribution in [2.45, 2.75) is 110 Å². The number of fused-ring (bicyclic) bond motifs is 1. The van der Waals surface area contributed by atoms with Crippen LogP contribution in [0.5, 0.6) is 5.75 Å². The zero-order valence-electron chi connectivity index (χ0n) is 31.7. The highest BCUT2D eigenvalue weighted by molar-refractivity contribution is 5.96. The molecule has 13 nitrogen and oxygen atoms in total. The molecule has 0 aliphatic carbocycles. The minimum Gasteiger partial charge on any atom is -0.486 e. The number of carbonyl (C=O) groups excluding carboxylic acids is 3.